The van der Waals surface area contributed by atoms with Crippen LogP contribution in [0.3, 0.4) is 0 Å². The third-order valence-corrected chi connectivity index (χ3v) is 0. The largest absolute Gasteiger partial charge is 0.483 e. The maximum atomic E-state index is 8.36. The minimum absolute atomic E-state index is 0. The van der Waals surface area contributed by atoms with Crippen LogP contribution in [-0.2, 0) is 41.1 Å². The molecule has 0 heterocycles. The van der Waals surface area contributed by atoms with Gasteiger partial charge in [0.25, 0.3) is 6.47 Å². The van der Waals surface area contributed by atoms with Gasteiger partial charge in [-0.05, 0) is 0 Å². The van der Waals surface area contributed by atoms with E-state index in [0.29, 0.717) is 0 Å². The van der Waals surface area contributed by atoms with Crippen molar-refractivity contribution in [3.05, 3.63) is 0 Å². The summed E-state index contributed by atoms with van der Waals surface area (Å²) in [6.45, 7) is -0.250. The van der Waals surface area contributed by atoms with Crippen molar-refractivity contribution in [3.63, 3.8) is 0 Å². The van der Waals surface area contributed by atoms with E-state index in [1.807, 2.05) is 0 Å². The molecule has 0 aliphatic heterocycles. The van der Waals surface area contributed by atoms with Gasteiger partial charge in [0, 0.05) is 36.3 Å². The summed E-state index contributed by atoms with van der Waals surface area (Å²) in [6.07, 6.45) is 0. The third kappa shape index (κ3) is 86.4. The molecule has 0 atom stereocenters. The summed E-state index contributed by atoms with van der Waals surface area (Å²) in [6, 6.07) is 0. The molecule has 0 rings (SSSR count). The second-order valence-electron chi connectivity index (χ2n) is 0.105. The average molecular weight is 170 g/mol. The molecule has 5 heavy (non-hydrogen) atoms. The van der Waals surface area contributed by atoms with Gasteiger partial charge in [-0.25, -0.2) is 0 Å². The Bertz CT molecular complexity index is 17.1. The second-order valence-corrected chi connectivity index (χ2v) is 0.105. The molecule has 1 radical (unpaired) electrons. The molecule has 0 bridgehead atoms. The molecule has 0 aromatic rings. The summed E-state index contributed by atoms with van der Waals surface area (Å²) in [7, 11) is 0. The van der Waals surface area contributed by atoms with Crippen molar-refractivity contribution in [1.82, 2.24) is 0 Å². The van der Waals surface area contributed by atoms with Crippen LogP contribution >= 0.6 is 0 Å². The molecule has 2 nitrogen and oxygen atoms in total. The summed E-state index contributed by atoms with van der Waals surface area (Å²) >= 11 is 0. The quantitative estimate of drug-likeness (QED) is 0.400. The van der Waals surface area contributed by atoms with Crippen LogP contribution in [0, 0.1) is 0 Å². The number of carboxylic acid groups (broad SMARTS) is 1. The average Bonchev–Trinajstić information content (AvgIpc) is 0.918. The predicted octanol–water partition coefficient (Wildman–Crippen LogP) is -0.304. The minimum atomic E-state index is -0.250. The van der Waals surface area contributed by atoms with Gasteiger partial charge >= 0.3 is 0 Å². The molecular weight excluding hydrogens is 168 g/mol. The monoisotopic (exact) mass is 169 g/mol. The summed E-state index contributed by atoms with van der Waals surface area (Å²) < 4.78 is 0. The topological polar surface area (TPSA) is 37.3 Å². The number of hydrogen-bond acceptors (Lipinski definition) is 1. The van der Waals surface area contributed by atoms with Crippen LogP contribution in [0.25, 0.3) is 0 Å². The van der Waals surface area contributed by atoms with Crippen LogP contribution in [0.15, 0.2) is 0 Å². The van der Waals surface area contributed by atoms with Gasteiger partial charge in [-0.1, -0.05) is 0 Å². The molecular formula is CH2CoO2Zn. The number of rotatable bonds is 0. The van der Waals surface area contributed by atoms with Gasteiger partial charge in [-0.15, -0.1) is 0 Å². The minimum Gasteiger partial charge on any atom is -0.483 e. The Labute approximate surface area is 52.9 Å². The first-order valence-electron chi connectivity index (χ1n) is 0.494. The predicted molar refractivity (Wildman–Crippen MR) is 8.69 cm³/mol. The molecule has 0 aliphatic rings. The zero-order valence-electron chi connectivity index (χ0n) is 2.47. The van der Waals surface area contributed by atoms with Crippen molar-refractivity contribution in [2.75, 3.05) is 0 Å². The maximum Gasteiger partial charge on any atom is 0.290 e. The van der Waals surface area contributed by atoms with Crippen LogP contribution in [0.1, 0.15) is 0 Å². The number of hydrogen-bond donors (Lipinski definition) is 1. The first kappa shape index (κ1) is 17.5. The van der Waals surface area contributed by atoms with Gasteiger partial charge < -0.3 is 5.11 Å². The molecule has 0 aromatic carbocycles. The van der Waals surface area contributed by atoms with E-state index in [1.165, 1.54) is 0 Å². The Morgan fingerprint density at radius 2 is 1.60 bits per heavy atom. The fraction of sp³-hybridized carbons (Fsp3) is 0. The Balaban J connectivity index is -0.0000000200. The maximum absolute atomic E-state index is 8.36. The van der Waals surface area contributed by atoms with E-state index in [2.05, 4.69) is 0 Å². The van der Waals surface area contributed by atoms with Gasteiger partial charge in [0.05, 0.1) is 0 Å². The van der Waals surface area contributed by atoms with Gasteiger partial charge in [0.1, 0.15) is 0 Å². The number of carbonyl (C=O) groups is 1. The third-order valence-electron chi connectivity index (χ3n) is 0. The van der Waals surface area contributed by atoms with Gasteiger partial charge in [-0.2, -0.15) is 0 Å². The van der Waals surface area contributed by atoms with Crippen LogP contribution in [0.5, 0.6) is 0 Å². The molecule has 29 valence electrons. The zero-order valence-corrected chi connectivity index (χ0v) is 6.48. The summed E-state index contributed by atoms with van der Waals surface area (Å²) in [5.41, 5.74) is 0. The molecule has 0 unspecified atom stereocenters. The Morgan fingerprint density at radius 1 is 1.60 bits per heavy atom. The molecule has 0 saturated heterocycles. The van der Waals surface area contributed by atoms with Crippen molar-refractivity contribution in [2.24, 2.45) is 0 Å². The SMILES string of the molecule is O=CO.[Co].[Zn]. The second kappa shape index (κ2) is 23.3. The van der Waals surface area contributed by atoms with Gasteiger partial charge in [-0.3, -0.25) is 4.79 Å². The van der Waals surface area contributed by atoms with Crippen molar-refractivity contribution in [1.29, 1.82) is 0 Å². The van der Waals surface area contributed by atoms with Gasteiger partial charge in [0.2, 0.25) is 0 Å². The van der Waals surface area contributed by atoms with Crippen molar-refractivity contribution in [3.8, 4) is 0 Å². The van der Waals surface area contributed by atoms with Crippen LogP contribution in [-0.4, -0.2) is 11.6 Å². The van der Waals surface area contributed by atoms with E-state index in [9.17, 15) is 0 Å². The van der Waals surface area contributed by atoms with E-state index in [4.69, 9.17) is 9.90 Å². The Kier molecular flexibility index (Phi) is 81.6. The molecule has 0 aromatic heterocycles. The Hall–Kier alpha value is 0.600. The molecule has 0 aliphatic carbocycles. The normalized spacial score (nSPS) is 2.40. The fourth-order valence-corrected chi connectivity index (χ4v) is 0. The first-order valence-corrected chi connectivity index (χ1v) is 0.494. The van der Waals surface area contributed by atoms with Crippen molar-refractivity contribution in [2.45, 2.75) is 0 Å². The molecule has 0 amide bonds. The van der Waals surface area contributed by atoms with E-state index in [1.54, 1.807) is 0 Å². The molecule has 0 fully saturated rings. The van der Waals surface area contributed by atoms with E-state index >= 15 is 0 Å². The van der Waals surface area contributed by atoms with E-state index < -0.39 is 0 Å². The fourth-order valence-electron chi connectivity index (χ4n) is 0. The first-order chi connectivity index (χ1) is 1.41. The molecule has 0 saturated carbocycles. The van der Waals surface area contributed by atoms with Crippen LogP contribution in [0.4, 0.5) is 0 Å². The summed E-state index contributed by atoms with van der Waals surface area (Å²) in [5, 5.41) is 6.89. The molecule has 0 spiro atoms. The molecule has 4 heteroatoms. The zero-order chi connectivity index (χ0) is 2.71. The van der Waals surface area contributed by atoms with Gasteiger partial charge in [0.15, 0.2) is 0 Å². The smallest absolute Gasteiger partial charge is 0.290 e. The van der Waals surface area contributed by atoms with E-state index in [0.717, 1.165) is 0 Å². The summed E-state index contributed by atoms with van der Waals surface area (Å²) in [4.78, 5) is 8.36. The van der Waals surface area contributed by atoms with Crippen molar-refractivity contribution < 1.29 is 46.2 Å². The van der Waals surface area contributed by atoms with Crippen LogP contribution < -0.4 is 0 Å². The van der Waals surface area contributed by atoms with Crippen LogP contribution in [0.2, 0.25) is 0 Å². The Morgan fingerprint density at radius 3 is 1.60 bits per heavy atom. The van der Waals surface area contributed by atoms with Crippen molar-refractivity contribution >= 4 is 6.47 Å². The standard InChI is InChI=1S/CH2O2.Co.Zn/c2-1-3;;/h1H,(H,2,3);;. The summed E-state index contributed by atoms with van der Waals surface area (Å²) in [5.74, 6) is 0. The molecule has 1 N–H and O–H groups in total. The van der Waals surface area contributed by atoms with E-state index in [-0.39, 0.29) is 42.7 Å².